The van der Waals surface area contributed by atoms with E-state index in [4.69, 9.17) is 5.73 Å². The van der Waals surface area contributed by atoms with Gasteiger partial charge in [0, 0.05) is 19.6 Å². The van der Waals surface area contributed by atoms with Crippen LogP contribution in [0.2, 0.25) is 0 Å². The maximum absolute atomic E-state index is 12.9. The van der Waals surface area contributed by atoms with Crippen molar-refractivity contribution in [2.24, 2.45) is 17.6 Å². The van der Waals surface area contributed by atoms with Gasteiger partial charge in [-0.15, -0.1) is 12.4 Å². The number of piperidine rings is 1. The summed E-state index contributed by atoms with van der Waals surface area (Å²) in [5, 5.41) is 3.11. The van der Waals surface area contributed by atoms with Crippen molar-refractivity contribution in [3.8, 4) is 0 Å². The van der Waals surface area contributed by atoms with Crippen LogP contribution in [0.4, 0.5) is 0 Å². The van der Waals surface area contributed by atoms with Crippen LogP contribution in [-0.4, -0.2) is 43.8 Å². The molecule has 2 atom stereocenters. The third kappa shape index (κ3) is 4.83. The van der Waals surface area contributed by atoms with Crippen LogP contribution in [0, 0.1) is 18.8 Å². The molecule has 1 aliphatic heterocycles. The summed E-state index contributed by atoms with van der Waals surface area (Å²) in [6.45, 7) is 5.00. The van der Waals surface area contributed by atoms with Crippen molar-refractivity contribution >= 4 is 28.3 Å². The van der Waals surface area contributed by atoms with Crippen LogP contribution in [0.5, 0.6) is 0 Å². The minimum atomic E-state index is -3.57. The minimum absolute atomic E-state index is 0. The van der Waals surface area contributed by atoms with Crippen LogP contribution < -0.4 is 11.1 Å². The highest BCUT2D eigenvalue weighted by molar-refractivity contribution is 7.89. The largest absolute Gasteiger partial charge is 0.349 e. The van der Waals surface area contributed by atoms with Crippen LogP contribution >= 0.6 is 12.4 Å². The first kappa shape index (κ1) is 22.1. The van der Waals surface area contributed by atoms with E-state index in [1.54, 1.807) is 24.3 Å². The lowest BCUT2D eigenvalue weighted by Crippen LogP contribution is -2.56. The highest BCUT2D eigenvalue weighted by Crippen LogP contribution is 2.39. The van der Waals surface area contributed by atoms with E-state index in [2.05, 4.69) is 5.32 Å². The first-order valence-corrected chi connectivity index (χ1v) is 10.8. The average molecular weight is 416 g/mol. The molecule has 8 heteroatoms. The fourth-order valence-corrected chi connectivity index (χ4v) is 5.18. The molecule has 27 heavy (non-hydrogen) atoms. The van der Waals surface area contributed by atoms with Gasteiger partial charge in [0.25, 0.3) is 0 Å². The number of sulfonamides is 1. The van der Waals surface area contributed by atoms with Crippen LogP contribution in [0.15, 0.2) is 29.2 Å². The molecule has 0 bridgehead atoms. The number of carbonyl (C=O) groups is 1. The summed E-state index contributed by atoms with van der Waals surface area (Å²) >= 11 is 0. The predicted octanol–water partition coefficient (Wildman–Crippen LogP) is 2.06. The summed E-state index contributed by atoms with van der Waals surface area (Å²) in [6.07, 6.45) is 3.57. The Bertz CT molecular complexity index is 765. The van der Waals surface area contributed by atoms with Crippen LogP contribution in [0.25, 0.3) is 0 Å². The maximum atomic E-state index is 12.9. The van der Waals surface area contributed by atoms with E-state index in [1.165, 1.54) is 4.31 Å². The van der Waals surface area contributed by atoms with Gasteiger partial charge in [-0.1, -0.05) is 17.7 Å². The molecule has 0 aromatic heterocycles. The van der Waals surface area contributed by atoms with Gasteiger partial charge in [-0.05, 0) is 57.6 Å². The zero-order valence-corrected chi connectivity index (χ0v) is 17.6. The quantitative estimate of drug-likeness (QED) is 0.743. The Morgan fingerprint density at radius 3 is 2.44 bits per heavy atom. The van der Waals surface area contributed by atoms with Crippen molar-refractivity contribution < 1.29 is 13.2 Å². The second kappa shape index (κ2) is 8.47. The molecular formula is C19H30ClN3O3S. The van der Waals surface area contributed by atoms with Crippen molar-refractivity contribution in [1.82, 2.24) is 9.62 Å². The summed E-state index contributed by atoms with van der Waals surface area (Å²) in [7, 11) is -3.57. The van der Waals surface area contributed by atoms with E-state index in [0.29, 0.717) is 31.8 Å². The van der Waals surface area contributed by atoms with E-state index < -0.39 is 10.0 Å². The number of nitrogens with zero attached hydrogens (tertiary/aromatic N) is 1. The molecule has 2 fully saturated rings. The van der Waals surface area contributed by atoms with Crippen molar-refractivity contribution in [3.05, 3.63) is 29.8 Å². The Balaban J connectivity index is 0.00000261. The SMILES string of the molecule is Cc1ccc(S(=O)(=O)N2CCCC(C(=O)NC(C)(CN)C3CC3)C2)cc1.Cl. The fourth-order valence-electron chi connectivity index (χ4n) is 3.66. The highest BCUT2D eigenvalue weighted by Gasteiger charge is 2.43. The van der Waals surface area contributed by atoms with Crippen LogP contribution in [-0.2, 0) is 14.8 Å². The number of nitrogens with one attached hydrogen (secondary N) is 1. The lowest BCUT2D eigenvalue weighted by molar-refractivity contribution is -0.128. The molecule has 3 N–H and O–H groups in total. The smallest absolute Gasteiger partial charge is 0.243 e. The van der Waals surface area contributed by atoms with Gasteiger partial charge in [-0.3, -0.25) is 4.79 Å². The number of benzene rings is 1. The molecule has 1 aliphatic carbocycles. The lowest BCUT2D eigenvalue weighted by atomic mass is 9.92. The lowest BCUT2D eigenvalue weighted by Gasteiger charge is -2.35. The van der Waals surface area contributed by atoms with E-state index in [0.717, 1.165) is 18.4 Å². The third-order valence-corrected chi connectivity index (χ3v) is 7.60. The van der Waals surface area contributed by atoms with Crippen molar-refractivity contribution in [3.63, 3.8) is 0 Å². The molecule has 1 aromatic rings. The first-order valence-electron chi connectivity index (χ1n) is 9.35. The second-order valence-electron chi connectivity index (χ2n) is 7.90. The maximum Gasteiger partial charge on any atom is 0.243 e. The number of rotatable bonds is 6. The summed E-state index contributed by atoms with van der Waals surface area (Å²) in [4.78, 5) is 13.1. The first-order chi connectivity index (χ1) is 12.3. The highest BCUT2D eigenvalue weighted by atomic mass is 35.5. The monoisotopic (exact) mass is 415 g/mol. The summed E-state index contributed by atoms with van der Waals surface area (Å²) in [5.74, 6) is 0.0367. The van der Waals surface area contributed by atoms with Crippen molar-refractivity contribution in [2.45, 2.75) is 50.0 Å². The zero-order valence-electron chi connectivity index (χ0n) is 16.0. The van der Waals surface area contributed by atoms with Gasteiger partial charge in [0.1, 0.15) is 0 Å². The van der Waals surface area contributed by atoms with Gasteiger partial charge in [0.2, 0.25) is 15.9 Å². The normalized spacial score (nSPS) is 23.1. The van der Waals surface area contributed by atoms with Crippen LogP contribution in [0.1, 0.15) is 38.2 Å². The molecule has 1 saturated carbocycles. The molecule has 2 unspecified atom stereocenters. The van der Waals surface area contributed by atoms with Gasteiger partial charge in [-0.25, -0.2) is 8.42 Å². The topological polar surface area (TPSA) is 92.5 Å². The number of aryl methyl sites for hydroxylation is 1. The summed E-state index contributed by atoms with van der Waals surface area (Å²) in [5.41, 5.74) is 6.52. The van der Waals surface area contributed by atoms with Gasteiger partial charge >= 0.3 is 0 Å². The minimum Gasteiger partial charge on any atom is -0.349 e. The van der Waals surface area contributed by atoms with E-state index in [-0.39, 0.29) is 41.2 Å². The molecule has 1 saturated heterocycles. The molecule has 0 radical (unpaired) electrons. The van der Waals surface area contributed by atoms with Gasteiger partial charge in [0.15, 0.2) is 0 Å². The molecule has 1 amide bonds. The Kier molecular flexibility index (Phi) is 6.95. The van der Waals surface area contributed by atoms with E-state index in [1.807, 2.05) is 13.8 Å². The fraction of sp³-hybridized carbons (Fsp3) is 0.632. The summed E-state index contributed by atoms with van der Waals surface area (Å²) in [6, 6.07) is 6.85. The van der Waals surface area contributed by atoms with E-state index >= 15 is 0 Å². The number of hydrogen-bond acceptors (Lipinski definition) is 4. The predicted molar refractivity (Wildman–Crippen MR) is 108 cm³/mol. The molecule has 1 aromatic carbocycles. The number of halogens is 1. The standard InChI is InChI=1S/C19H29N3O3S.ClH/c1-14-5-9-17(10-6-14)26(24,25)22-11-3-4-15(12-22)18(23)21-19(2,13-20)16-7-8-16;/h5-6,9-10,15-16H,3-4,7-8,11-13,20H2,1-2H3,(H,21,23);1H. The molecule has 0 spiro atoms. The van der Waals surface area contributed by atoms with Gasteiger partial charge < -0.3 is 11.1 Å². The Morgan fingerprint density at radius 1 is 1.26 bits per heavy atom. The third-order valence-electron chi connectivity index (χ3n) is 5.72. The van der Waals surface area contributed by atoms with Crippen LogP contribution in [0.3, 0.4) is 0 Å². The summed E-state index contributed by atoms with van der Waals surface area (Å²) < 4.78 is 27.2. The molecule has 1 heterocycles. The number of amides is 1. The van der Waals surface area contributed by atoms with Crippen molar-refractivity contribution in [2.75, 3.05) is 19.6 Å². The van der Waals surface area contributed by atoms with Gasteiger partial charge in [-0.2, -0.15) is 4.31 Å². The Hall–Kier alpha value is -1.15. The van der Waals surface area contributed by atoms with E-state index in [9.17, 15) is 13.2 Å². The number of hydrogen-bond donors (Lipinski definition) is 2. The Labute approximate surface area is 168 Å². The molecule has 152 valence electrons. The molecular weight excluding hydrogens is 386 g/mol. The zero-order chi connectivity index (χ0) is 18.9. The molecule has 2 aliphatic rings. The average Bonchev–Trinajstić information content (AvgIpc) is 3.48. The second-order valence-corrected chi connectivity index (χ2v) is 9.84. The van der Waals surface area contributed by atoms with Gasteiger partial charge in [0.05, 0.1) is 16.4 Å². The van der Waals surface area contributed by atoms with Crippen molar-refractivity contribution in [1.29, 1.82) is 0 Å². The number of carbonyl (C=O) groups excluding carboxylic acids is 1. The Morgan fingerprint density at radius 2 is 1.89 bits per heavy atom. The molecule has 6 nitrogen and oxygen atoms in total. The number of nitrogens with two attached hydrogens (primary N) is 1. The molecule has 3 rings (SSSR count).